The lowest BCUT2D eigenvalue weighted by molar-refractivity contribution is 0.483. The van der Waals surface area contributed by atoms with E-state index in [-0.39, 0.29) is 5.82 Å². The summed E-state index contributed by atoms with van der Waals surface area (Å²) in [4.78, 5) is 11.7. The Morgan fingerprint density at radius 3 is 2.83 bits per heavy atom. The molecule has 0 radical (unpaired) electrons. The summed E-state index contributed by atoms with van der Waals surface area (Å²) in [6.45, 7) is 5.17. The van der Waals surface area contributed by atoms with Gasteiger partial charge in [-0.1, -0.05) is 13.8 Å². The number of pyridine rings is 2. The minimum atomic E-state index is -0.346. The average Bonchev–Trinajstić information content (AvgIpc) is 3.10. The maximum absolute atomic E-state index is 13.5. The van der Waals surface area contributed by atoms with Crippen molar-refractivity contribution in [1.29, 1.82) is 0 Å². The van der Waals surface area contributed by atoms with E-state index >= 15 is 0 Å². The van der Waals surface area contributed by atoms with E-state index < -0.39 is 0 Å². The number of hydrogen-bond acceptors (Lipinski definition) is 3. The molecule has 0 atom stereocenters. The number of halogens is 1. The fourth-order valence-electron chi connectivity index (χ4n) is 2.78. The van der Waals surface area contributed by atoms with E-state index in [2.05, 4.69) is 33.9 Å². The van der Waals surface area contributed by atoms with Gasteiger partial charge in [0.2, 0.25) is 0 Å². The van der Waals surface area contributed by atoms with Crippen LogP contribution in [-0.2, 0) is 6.54 Å². The number of rotatable bonds is 3. The van der Waals surface area contributed by atoms with Gasteiger partial charge in [-0.3, -0.25) is 9.67 Å². The molecule has 0 aliphatic carbocycles. The van der Waals surface area contributed by atoms with Gasteiger partial charge in [0.05, 0.1) is 29.8 Å². The Bertz CT molecular complexity index is 999. The molecule has 6 heteroatoms. The molecule has 4 rings (SSSR count). The van der Waals surface area contributed by atoms with Crippen LogP contribution in [0.15, 0.2) is 36.9 Å². The maximum Gasteiger partial charge on any atom is 0.142 e. The Kier molecular flexibility index (Phi) is 3.11. The number of hydrogen-bond donors (Lipinski definition) is 1. The first-order valence-corrected chi connectivity index (χ1v) is 7.56. The highest BCUT2D eigenvalue weighted by Gasteiger charge is 2.10. The summed E-state index contributed by atoms with van der Waals surface area (Å²) in [7, 11) is 0. The van der Waals surface area contributed by atoms with Gasteiger partial charge < -0.3 is 4.98 Å². The predicted molar refractivity (Wildman–Crippen MR) is 87.4 cm³/mol. The number of fused-ring (bicyclic) bond motifs is 3. The van der Waals surface area contributed by atoms with Crippen LogP contribution in [0, 0.1) is 11.7 Å². The third kappa shape index (κ3) is 2.46. The molecule has 1 N–H and O–H groups in total. The second-order valence-electron chi connectivity index (χ2n) is 6.13. The van der Waals surface area contributed by atoms with Crippen LogP contribution in [0.25, 0.3) is 33.2 Å². The van der Waals surface area contributed by atoms with Gasteiger partial charge in [0.15, 0.2) is 0 Å². The summed E-state index contributed by atoms with van der Waals surface area (Å²) in [5.74, 6) is 0.183. The molecule has 116 valence electrons. The summed E-state index contributed by atoms with van der Waals surface area (Å²) in [6, 6.07) is 3.44. The SMILES string of the molecule is CC(C)Cn1cc(-c2cc3c(cn2)[nH]c2ncc(F)cc23)cn1. The molecule has 0 aliphatic heterocycles. The largest absolute Gasteiger partial charge is 0.338 e. The van der Waals surface area contributed by atoms with E-state index in [1.165, 1.54) is 12.3 Å². The van der Waals surface area contributed by atoms with E-state index in [0.29, 0.717) is 11.6 Å². The van der Waals surface area contributed by atoms with Gasteiger partial charge >= 0.3 is 0 Å². The highest BCUT2D eigenvalue weighted by atomic mass is 19.1. The quantitative estimate of drug-likeness (QED) is 0.626. The topological polar surface area (TPSA) is 59.4 Å². The predicted octanol–water partition coefficient (Wildman–Crippen LogP) is 3.77. The van der Waals surface area contributed by atoms with Crippen molar-refractivity contribution in [3.05, 3.63) is 42.7 Å². The molecule has 0 amide bonds. The van der Waals surface area contributed by atoms with Crippen molar-refractivity contribution in [3.63, 3.8) is 0 Å². The first-order valence-electron chi connectivity index (χ1n) is 7.56. The summed E-state index contributed by atoms with van der Waals surface area (Å²) in [5, 5.41) is 6.05. The molecule has 0 spiro atoms. The van der Waals surface area contributed by atoms with Gasteiger partial charge in [0.1, 0.15) is 11.5 Å². The van der Waals surface area contributed by atoms with Gasteiger partial charge in [-0.2, -0.15) is 5.10 Å². The van der Waals surface area contributed by atoms with E-state index in [4.69, 9.17) is 0 Å². The second kappa shape index (κ2) is 5.15. The van der Waals surface area contributed by atoms with Gasteiger partial charge in [-0.05, 0) is 18.1 Å². The smallest absolute Gasteiger partial charge is 0.142 e. The molecule has 4 aromatic rings. The van der Waals surface area contributed by atoms with Crippen LogP contribution in [0.2, 0.25) is 0 Å². The Hall–Kier alpha value is -2.76. The molecule has 23 heavy (non-hydrogen) atoms. The lowest BCUT2D eigenvalue weighted by atomic mass is 10.1. The molecule has 0 saturated heterocycles. The van der Waals surface area contributed by atoms with Crippen molar-refractivity contribution in [2.45, 2.75) is 20.4 Å². The number of aromatic nitrogens is 5. The maximum atomic E-state index is 13.5. The van der Waals surface area contributed by atoms with Crippen molar-refractivity contribution < 1.29 is 4.39 Å². The molecule has 4 aromatic heterocycles. The lowest BCUT2D eigenvalue weighted by Gasteiger charge is -2.03. The monoisotopic (exact) mass is 309 g/mol. The van der Waals surface area contributed by atoms with Crippen LogP contribution in [0.4, 0.5) is 4.39 Å². The second-order valence-corrected chi connectivity index (χ2v) is 6.13. The highest BCUT2D eigenvalue weighted by molar-refractivity contribution is 6.06. The highest BCUT2D eigenvalue weighted by Crippen LogP contribution is 2.27. The molecular weight excluding hydrogens is 293 g/mol. The van der Waals surface area contributed by atoms with E-state index in [9.17, 15) is 4.39 Å². The van der Waals surface area contributed by atoms with Crippen molar-refractivity contribution in [3.8, 4) is 11.3 Å². The van der Waals surface area contributed by atoms with Gasteiger partial charge in [-0.25, -0.2) is 9.37 Å². The summed E-state index contributed by atoms with van der Waals surface area (Å²) >= 11 is 0. The zero-order valence-electron chi connectivity index (χ0n) is 12.9. The van der Waals surface area contributed by atoms with Crippen molar-refractivity contribution in [1.82, 2.24) is 24.7 Å². The van der Waals surface area contributed by atoms with Gasteiger partial charge in [0.25, 0.3) is 0 Å². The fraction of sp³-hybridized carbons (Fsp3) is 0.235. The Morgan fingerprint density at radius 2 is 2.00 bits per heavy atom. The molecular formula is C17H16FN5. The summed E-state index contributed by atoms with van der Waals surface area (Å²) < 4.78 is 15.4. The zero-order chi connectivity index (χ0) is 16.0. The molecule has 0 aromatic carbocycles. The minimum Gasteiger partial charge on any atom is -0.338 e. The summed E-state index contributed by atoms with van der Waals surface area (Å²) in [6.07, 6.45) is 6.76. The van der Waals surface area contributed by atoms with Crippen LogP contribution < -0.4 is 0 Å². The van der Waals surface area contributed by atoms with Crippen LogP contribution in [0.5, 0.6) is 0 Å². The molecule has 0 aliphatic rings. The molecule has 0 bridgehead atoms. The standard InChI is InChI=1S/C17H16FN5/c1-10(2)8-23-9-11(5-21-23)15-4-13-14-3-12(18)6-20-17(14)22-16(13)7-19-15/h3-7,9-10H,8H2,1-2H3,(H,20,22). The third-order valence-corrected chi connectivity index (χ3v) is 3.78. The first-order chi connectivity index (χ1) is 11.1. The van der Waals surface area contributed by atoms with Gasteiger partial charge in [-0.15, -0.1) is 0 Å². The number of nitrogens with one attached hydrogen (secondary N) is 1. The zero-order valence-corrected chi connectivity index (χ0v) is 12.9. The minimum absolute atomic E-state index is 0.346. The number of nitrogens with zero attached hydrogens (tertiary/aromatic N) is 4. The molecule has 4 heterocycles. The van der Waals surface area contributed by atoms with Crippen molar-refractivity contribution >= 4 is 21.9 Å². The van der Waals surface area contributed by atoms with Crippen molar-refractivity contribution in [2.24, 2.45) is 5.92 Å². The summed E-state index contributed by atoms with van der Waals surface area (Å²) in [5.41, 5.74) is 3.27. The number of aromatic amines is 1. The Morgan fingerprint density at radius 1 is 1.13 bits per heavy atom. The van der Waals surface area contributed by atoms with Crippen LogP contribution in [0.1, 0.15) is 13.8 Å². The first kappa shape index (κ1) is 13.9. The van der Waals surface area contributed by atoms with E-state index in [1.54, 1.807) is 6.20 Å². The molecule has 0 unspecified atom stereocenters. The Labute approximate surface area is 132 Å². The van der Waals surface area contributed by atoms with Crippen LogP contribution in [0.3, 0.4) is 0 Å². The average molecular weight is 309 g/mol. The van der Waals surface area contributed by atoms with Gasteiger partial charge in [0, 0.05) is 29.1 Å². The lowest BCUT2D eigenvalue weighted by Crippen LogP contribution is -2.03. The third-order valence-electron chi connectivity index (χ3n) is 3.78. The van der Waals surface area contributed by atoms with Crippen molar-refractivity contribution in [2.75, 3.05) is 0 Å². The van der Waals surface area contributed by atoms with E-state index in [1.807, 2.05) is 23.1 Å². The van der Waals surface area contributed by atoms with Crippen LogP contribution >= 0.6 is 0 Å². The molecule has 0 saturated carbocycles. The number of H-pyrrole nitrogens is 1. The molecule has 0 fully saturated rings. The normalized spacial score (nSPS) is 11.8. The Balaban J connectivity index is 1.83. The van der Waals surface area contributed by atoms with Crippen LogP contribution in [-0.4, -0.2) is 24.7 Å². The van der Waals surface area contributed by atoms with E-state index in [0.717, 1.165) is 34.1 Å². The molecule has 5 nitrogen and oxygen atoms in total. The fourth-order valence-corrected chi connectivity index (χ4v) is 2.78.